The number of nitrogens with zero attached hydrogens (tertiary/aromatic N) is 1. The third-order valence-corrected chi connectivity index (χ3v) is 4.58. The van der Waals surface area contributed by atoms with E-state index in [0.29, 0.717) is 0 Å². The highest BCUT2D eigenvalue weighted by Gasteiger charge is 2.25. The molecular weight excluding hydrogens is 178 g/mol. The van der Waals surface area contributed by atoms with Crippen LogP contribution in [-0.4, -0.2) is 4.98 Å². The van der Waals surface area contributed by atoms with Crippen LogP contribution in [0.15, 0.2) is 0 Å². The van der Waals surface area contributed by atoms with Crippen molar-refractivity contribution in [1.29, 1.82) is 0 Å². The first-order chi connectivity index (χ1) is 6.13. The van der Waals surface area contributed by atoms with Crippen LogP contribution in [0, 0.1) is 0 Å². The van der Waals surface area contributed by atoms with Crippen molar-refractivity contribution in [3.63, 3.8) is 0 Å². The minimum atomic E-state index is 0.287. The Bertz CT molecular complexity index is 290. The molecule has 1 aromatic rings. The molecule has 0 fully saturated rings. The van der Waals surface area contributed by atoms with Gasteiger partial charge in [0, 0.05) is 10.3 Å². The Morgan fingerprint density at radius 3 is 2.77 bits per heavy atom. The highest BCUT2D eigenvalue weighted by atomic mass is 32.1. The lowest BCUT2D eigenvalue weighted by Gasteiger charge is -2.18. The molecule has 72 valence electrons. The Kier molecular flexibility index (Phi) is 2.18. The predicted molar refractivity (Wildman–Crippen MR) is 57.5 cm³/mol. The second kappa shape index (κ2) is 3.09. The second-order valence-corrected chi connectivity index (χ2v) is 5.56. The fraction of sp³-hybridized carbons (Fsp3) is 0.727. The highest BCUT2D eigenvalue weighted by molar-refractivity contribution is 7.12. The summed E-state index contributed by atoms with van der Waals surface area (Å²) in [4.78, 5) is 6.30. The molecule has 0 N–H and O–H groups in total. The number of thiazole rings is 1. The zero-order valence-electron chi connectivity index (χ0n) is 8.68. The van der Waals surface area contributed by atoms with Gasteiger partial charge in [-0.25, -0.2) is 4.98 Å². The number of hydrogen-bond acceptors (Lipinski definition) is 2. The molecule has 1 aliphatic rings. The van der Waals surface area contributed by atoms with Crippen molar-refractivity contribution in [1.82, 2.24) is 4.98 Å². The van der Waals surface area contributed by atoms with Crippen LogP contribution in [0.1, 0.15) is 49.2 Å². The van der Waals surface area contributed by atoms with Crippen LogP contribution in [0.2, 0.25) is 0 Å². The van der Waals surface area contributed by atoms with Crippen molar-refractivity contribution in [3.05, 3.63) is 15.6 Å². The number of hydrogen-bond donors (Lipinski definition) is 0. The summed E-state index contributed by atoms with van der Waals surface area (Å²) in [7, 11) is 0. The summed E-state index contributed by atoms with van der Waals surface area (Å²) in [5, 5.41) is 1.35. The summed E-state index contributed by atoms with van der Waals surface area (Å²) in [6, 6.07) is 0. The molecule has 0 aliphatic heterocycles. The zero-order valence-corrected chi connectivity index (χ0v) is 9.50. The quantitative estimate of drug-likeness (QED) is 0.705. The van der Waals surface area contributed by atoms with E-state index in [2.05, 4.69) is 20.8 Å². The van der Waals surface area contributed by atoms with Gasteiger partial charge in [0.2, 0.25) is 0 Å². The largest absolute Gasteiger partial charge is 0.245 e. The van der Waals surface area contributed by atoms with E-state index in [-0.39, 0.29) is 5.41 Å². The van der Waals surface area contributed by atoms with Crippen molar-refractivity contribution >= 4 is 11.3 Å². The lowest BCUT2D eigenvalue weighted by Crippen LogP contribution is -2.15. The average Bonchev–Trinajstić information content (AvgIpc) is 2.61. The third-order valence-electron chi connectivity index (χ3n) is 3.06. The summed E-state index contributed by atoms with van der Waals surface area (Å²) in [5.74, 6) is 0. The summed E-state index contributed by atoms with van der Waals surface area (Å²) in [6.45, 7) is 6.83. The maximum absolute atomic E-state index is 4.75. The van der Waals surface area contributed by atoms with Crippen LogP contribution in [0.3, 0.4) is 0 Å². The highest BCUT2D eigenvalue weighted by Crippen LogP contribution is 2.35. The van der Waals surface area contributed by atoms with Crippen molar-refractivity contribution in [3.8, 4) is 0 Å². The number of aromatic nitrogens is 1. The SMILES string of the molecule is CCC(C)(C)c1nc2c(s1)CCC2. The van der Waals surface area contributed by atoms with E-state index in [1.807, 2.05) is 11.3 Å². The molecule has 2 heteroatoms. The van der Waals surface area contributed by atoms with Crippen molar-refractivity contribution < 1.29 is 0 Å². The maximum atomic E-state index is 4.75. The first kappa shape index (κ1) is 9.20. The lowest BCUT2D eigenvalue weighted by molar-refractivity contribution is 0.501. The zero-order chi connectivity index (χ0) is 9.47. The van der Waals surface area contributed by atoms with Crippen LogP contribution in [0.25, 0.3) is 0 Å². The molecule has 0 amide bonds. The van der Waals surface area contributed by atoms with Crippen LogP contribution in [0.5, 0.6) is 0 Å². The Balaban J connectivity index is 2.33. The molecule has 0 saturated carbocycles. The molecule has 0 spiro atoms. The summed E-state index contributed by atoms with van der Waals surface area (Å²) in [5.41, 5.74) is 1.68. The third kappa shape index (κ3) is 1.52. The molecule has 2 rings (SSSR count). The Labute approximate surface area is 84.2 Å². The Hall–Kier alpha value is -0.370. The molecule has 1 aliphatic carbocycles. The molecule has 1 aromatic heterocycles. The van der Waals surface area contributed by atoms with Gasteiger partial charge in [-0.1, -0.05) is 20.8 Å². The standard InChI is InChI=1S/C11H17NS/c1-4-11(2,3)10-12-8-6-5-7-9(8)13-10/h4-7H2,1-3H3. The van der Waals surface area contributed by atoms with Gasteiger partial charge in [-0.2, -0.15) is 0 Å². The van der Waals surface area contributed by atoms with E-state index < -0.39 is 0 Å². The normalized spacial score (nSPS) is 16.2. The van der Waals surface area contributed by atoms with Gasteiger partial charge >= 0.3 is 0 Å². The summed E-state index contributed by atoms with van der Waals surface area (Å²) in [6.07, 6.45) is 4.98. The van der Waals surface area contributed by atoms with Gasteiger partial charge in [-0.3, -0.25) is 0 Å². The van der Waals surface area contributed by atoms with Gasteiger partial charge in [0.05, 0.1) is 10.7 Å². The van der Waals surface area contributed by atoms with E-state index in [1.165, 1.54) is 36.4 Å². The summed E-state index contributed by atoms with van der Waals surface area (Å²) >= 11 is 1.94. The number of fused-ring (bicyclic) bond motifs is 1. The van der Waals surface area contributed by atoms with Crippen molar-refractivity contribution in [2.45, 2.75) is 51.9 Å². The van der Waals surface area contributed by atoms with Gasteiger partial charge in [0.25, 0.3) is 0 Å². The molecule has 13 heavy (non-hydrogen) atoms. The van der Waals surface area contributed by atoms with Gasteiger partial charge in [0.15, 0.2) is 0 Å². The number of rotatable bonds is 2. The molecule has 1 heterocycles. The molecule has 0 bridgehead atoms. The lowest BCUT2D eigenvalue weighted by atomic mass is 9.91. The van der Waals surface area contributed by atoms with E-state index >= 15 is 0 Å². The van der Waals surface area contributed by atoms with Crippen LogP contribution in [-0.2, 0) is 18.3 Å². The van der Waals surface area contributed by atoms with Gasteiger partial charge in [-0.15, -0.1) is 11.3 Å². The van der Waals surface area contributed by atoms with Crippen LogP contribution < -0.4 is 0 Å². The molecule has 0 radical (unpaired) electrons. The monoisotopic (exact) mass is 195 g/mol. The summed E-state index contributed by atoms with van der Waals surface area (Å²) < 4.78 is 0. The molecule has 0 aromatic carbocycles. The minimum Gasteiger partial charge on any atom is -0.245 e. The Morgan fingerprint density at radius 2 is 2.15 bits per heavy atom. The van der Waals surface area contributed by atoms with Crippen LogP contribution >= 0.6 is 11.3 Å². The van der Waals surface area contributed by atoms with Gasteiger partial charge < -0.3 is 0 Å². The van der Waals surface area contributed by atoms with Crippen molar-refractivity contribution in [2.75, 3.05) is 0 Å². The molecule has 1 nitrogen and oxygen atoms in total. The topological polar surface area (TPSA) is 12.9 Å². The van der Waals surface area contributed by atoms with Gasteiger partial charge in [0.1, 0.15) is 0 Å². The fourth-order valence-corrected chi connectivity index (χ4v) is 2.95. The predicted octanol–water partition coefficient (Wildman–Crippen LogP) is 3.32. The molecule has 0 unspecified atom stereocenters. The first-order valence-corrected chi connectivity index (χ1v) is 5.94. The van der Waals surface area contributed by atoms with E-state index in [1.54, 1.807) is 4.88 Å². The maximum Gasteiger partial charge on any atom is 0.0987 e. The second-order valence-electron chi connectivity index (χ2n) is 4.48. The van der Waals surface area contributed by atoms with E-state index in [0.717, 1.165) is 0 Å². The average molecular weight is 195 g/mol. The first-order valence-electron chi connectivity index (χ1n) is 5.12. The van der Waals surface area contributed by atoms with E-state index in [4.69, 9.17) is 4.98 Å². The smallest absolute Gasteiger partial charge is 0.0987 e. The molecular formula is C11H17NS. The van der Waals surface area contributed by atoms with E-state index in [9.17, 15) is 0 Å². The fourth-order valence-electron chi connectivity index (χ4n) is 1.63. The van der Waals surface area contributed by atoms with Crippen LogP contribution in [0.4, 0.5) is 0 Å². The van der Waals surface area contributed by atoms with Gasteiger partial charge in [-0.05, 0) is 25.7 Å². The molecule has 0 atom stereocenters. The number of aryl methyl sites for hydroxylation is 2. The Morgan fingerprint density at radius 1 is 1.38 bits per heavy atom. The van der Waals surface area contributed by atoms with Crippen molar-refractivity contribution in [2.24, 2.45) is 0 Å². The minimum absolute atomic E-state index is 0.287. The molecule has 0 saturated heterocycles.